The van der Waals surface area contributed by atoms with Crippen molar-refractivity contribution in [1.82, 2.24) is 9.97 Å². The number of hydrogen-bond acceptors (Lipinski definition) is 6. The van der Waals surface area contributed by atoms with Gasteiger partial charge in [0.05, 0.1) is 12.3 Å². The number of rotatable bonds is 7. The van der Waals surface area contributed by atoms with Crippen LogP contribution in [0.2, 0.25) is 0 Å². The van der Waals surface area contributed by atoms with Crippen LogP contribution in [-0.4, -0.2) is 34.0 Å². The Morgan fingerprint density at radius 3 is 2.58 bits per heavy atom. The van der Waals surface area contributed by atoms with Crippen molar-refractivity contribution >= 4 is 29.2 Å². The van der Waals surface area contributed by atoms with Crippen LogP contribution in [0.4, 0.5) is 17.5 Å². The van der Waals surface area contributed by atoms with Crippen LogP contribution < -0.4 is 10.6 Å². The van der Waals surface area contributed by atoms with E-state index >= 15 is 0 Å². The number of thioether (sulfide) groups is 1. The van der Waals surface area contributed by atoms with Crippen molar-refractivity contribution in [2.45, 2.75) is 17.9 Å². The lowest BCUT2D eigenvalue weighted by Gasteiger charge is -2.14. The van der Waals surface area contributed by atoms with Crippen LogP contribution in [0.25, 0.3) is 11.3 Å². The lowest BCUT2D eigenvalue weighted by atomic mass is 10.1. The Kier molecular flexibility index (Phi) is 6.09. The topological polar surface area (TPSA) is 70.1 Å². The summed E-state index contributed by atoms with van der Waals surface area (Å²) in [5.41, 5.74) is 2.79. The van der Waals surface area contributed by atoms with Crippen molar-refractivity contribution in [3.05, 3.63) is 60.7 Å². The third kappa shape index (κ3) is 4.74. The van der Waals surface area contributed by atoms with Gasteiger partial charge in [0.25, 0.3) is 0 Å². The molecule has 0 saturated carbocycles. The first kappa shape index (κ1) is 18.2. The van der Waals surface area contributed by atoms with Gasteiger partial charge in [-0.25, -0.2) is 4.98 Å². The second-order valence-corrected chi connectivity index (χ2v) is 6.79. The molecule has 0 unspecified atom stereocenters. The van der Waals surface area contributed by atoms with Crippen LogP contribution in [0.3, 0.4) is 0 Å². The maximum Gasteiger partial charge on any atom is 0.225 e. The summed E-state index contributed by atoms with van der Waals surface area (Å²) in [6, 6.07) is 19.9. The second-order valence-electron chi connectivity index (χ2n) is 5.91. The summed E-state index contributed by atoms with van der Waals surface area (Å²) in [4.78, 5) is 10.3. The second kappa shape index (κ2) is 8.69. The summed E-state index contributed by atoms with van der Waals surface area (Å²) >= 11 is 1.70. The van der Waals surface area contributed by atoms with Gasteiger partial charge in [-0.2, -0.15) is 4.98 Å². The number of aliphatic hydroxyl groups is 1. The van der Waals surface area contributed by atoms with Crippen LogP contribution in [0, 0.1) is 0 Å². The Hall–Kier alpha value is -2.57. The quantitative estimate of drug-likeness (QED) is 0.538. The minimum Gasteiger partial charge on any atom is -0.394 e. The Bertz CT molecular complexity index is 857. The van der Waals surface area contributed by atoms with Crippen molar-refractivity contribution in [3.8, 4) is 11.3 Å². The summed E-state index contributed by atoms with van der Waals surface area (Å²) in [5.74, 6) is 1.18. The fraction of sp³-hybridized carbons (Fsp3) is 0.200. The van der Waals surface area contributed by atoms with E-state index in [1.54, 1.807) is 11.8 Å². The number of nitrogens with zero attached hydrogens (tertiary/aromatic N) is 2. The van der Waals surface area contributed by atoms with Crippen molar-refractivity contribution in [2.75, 3.05) is 23.5 Å². The molecule has 0 fully saturated rings. The molecule has 1 aromatic heterocycles. The smallest absolute Gasteiger partial charge is 0.225 e. The highest BCUT2D eigenvalue weighted by Crippen LogP contribution is 2.25. The summed E-state index contributed by atoms with van der Waals surface area (Å²) in [6.07, 6.45) is 2.05. The largest absolute Gasteiger partial charge is 0.394 e. The average molecular weight is 366 g/mol. The highest BCUT2D eigenvalue weighted by Gasteiger charge is 2.09. The fourth-order valence-corrected chi connectivity index (χ4v) is 2.91. The summed E-state index contributed by atoms with van der Waals surface area (Å²) in [6.45, 7) is 1.89. The van der Waals surface area contributed by atoms with E-state index in [9.17, 15) is 5.11 Å². The highest BCUT2D eigenvalue weighted by atomic mass is 32.2. The molecular formula is C20H22N4OS. The van der Waals surface area contributed by atoms with E-state index in [1.165, 1.54) is 4.90 Å². The molecule has 0 radical (unpaired) electrons. The Morgan fingerprint density at radius 1 is 1.04 bits per heavy atom. The molecule has 0 bridgehead atoms. The molecule has 0 amide bonds. The molecule has 0 aliphatic carbocycles. The zero-order valence-electron chi connectivity index (χ0n) is 14.8. The van der Waals surface area contributed by atoms with Crippen molar-refractivity contribution in [1.29, 1.82) is 0 Å². The molecule has 134 valence electrons. The predicted octanol–water partition coefficient (Wildman–Crippen LogP) is 4.40. The van der Waals surface area contributed by atoms with E-state index in [0.717, 1.165) is 16.9 Å². The zero-order valence-corrected chi connectivity index (χ0v) is 15.6. The Labute approximate surface area is 157 Å². The minimum atomic E-state index is -0.131. The summed E-state index contributed by atoms with van der Waals surface area (Å²) in [7, 11) is 0. The lowest BCUT2D eigenvalue weighted by molar-refractivity contribution is 0.281. The zero-order chi connectivity index (χ0) is 18.4. The molecule has 1 atom stereocenters. The molecule has 5 nitrogen and oxygen atoms in total. The lowest BCUT2D eigenvalue weighted by Crippen LogP contribution is -2.21. The monoisotopic (exact) mass is 366 g/mol. The van der Waals surface area contributed by atoms with E-state index in [1.807, 2.05) is 55.5 Å². The molecular weight excluding hydrogens is 344 g/mol. The van der Waals surface area contributed by atoms with Gasteiger partial charge in [0.2, 0.25) is 5.95 Å². The molecule has 3 N–H and O–H groups in total. The Morgan fingerprint density at radius 2 is 1.85 bits per heavy atom. The molecule has 26 heavy (non-hydrogen) atoms. The first-order valence-corrected chi connectivity index (χ1v) is 9.63. The van der Waals surface area contributed by atoms with E-state index < -0.39 is 0 Å². The molecule has 0 aliphatic rings. The van der Waals surface area contributed by atoms with Gasteiger partial charge in [0.1, 0.15) is 5.82 Å². The first-order chi connectivity index (χ1) is 12.7. The number of aliphatic hydroxyl groups excluding tert-OH is 1. The van der Waals surface area contributed by atoms with E-state index in [2.05, 4.69) is 39.0 Å². The third-order valence-electron chi connectivity index (χ3n) is 3.79. The average Bonchev–Trinajstić information content (AvgIpc) is 2.68. The van der Waals surface area contributed by atoms with Gasteiger partial charge in [-0.3, -0.25) is 0 Å². The number of benzene rings is 2. The van der Waals surface area contributed by atoms with Gasteiger partial charge in [0, 0.05) is 28.3 Å². The maximum absolute atomic E-state index is 9.31. The van der Waals surface area contributed by atoms with Crippen molar-refractivity contribution in [2.24, 2.45) is 0 Å². The fourth-order valence-electron chi connectivity index (χ4n) is 2.45. The highest BCUT2D eigenvalue weighted by molar-refractivity contribution is 7.98. The number of hydrogen-bond donors (Lipinski definition) is 3. The standard InChI is InChI=1S/C20H22N4OS/c1-14(13-25)21-20-23-18(15-7-4-3-5-8-15)12-19(24-20)22-16-9-6-10-17(11-16)26-2/h3-12,14,25H,13H2,1-2H3,(H2,21,22,23,24)/t14-/m0/s1. The predicted molar refractivity (Wildman–Crippen MR) is 109 cm³/mol. The number of aromatic nitrogens is 2. The molecule has 0 saturated heterocycles. The van der Waals surface area contributed by atoms with E-state index in [4.69, 9.17) is 0 Å². The summed E-state index contributed by atoms with van der Waals surface area (Å²) < 4.78 is 0. The minimum absolute atomic E-state index is 0.0114. The van der Waals surface area contributed by atoms with Gasteiger partial charge in [0.15, 0.2) is 0 Å². The summed E-state index contributed by atoms with van der Waals surface area (Å²) in [5, 5.41) is 15.8. The molecule has 0 spiro atoms. The van der Waals surface area contributed by atoms with Crippen LogP contribution in [0.1, 0.15) is 6.92 Å². The van der Waals surface area contributed by atoms with Crippen LogP contribution in [0.5, 0.6) is 0 Å². The maximum atomic E-state index is 9.31. The van der Waals surface area contributed by atoms with Gasteiger partial charge >= 0.3 is 0 Å². The molecule has 3 aromatic rings. The Balaban J connectivity index is 1.96. The van der Waals surface area contributed by atoms with Crippen LogP contribution in [0.15, 0.2) is 65.6 Å². The van der Waals surface area contributed by atoms with Gasteiger partial charge in [-0.1, -0.05) is 36.4 Å². The van der Waals surface area contributed by atoms with E-state index in [0.29, 0.717) is 11.8 Å². The third-order valence-corrected chi connectivity index (χ3v) is 4.51. The van der Waals surface area contributed by atoms with Crippen molar-refractivity contribution < 1.29 is 5.11 Å². The van der Waals surface area contributed by atoms with Crippen molar-refractivity contribution in [3.63, 3.8) is 0 Å². The van der Waals surface area contributed by atoms with Gasteiger partial charge < -0.3 is 15.7 Å². The molecule has 6 heteroatoms. The van der Waals surface area contributed by atoms with Crippen LogP contribution in [-0.2, 0) is 0 Å². The normalized spacial score (nSPS) is 11.8. The molecule has 0 aliphatic heterocycles. The van der Waals surface area contributed by atoms with Gasteiger partial charge in [-0.05, 0) is 31.4 Å². The molecule has 1 heterocycles. The van der Waals surface area contributed by atoms with Crippen LogP contribution >= 0.6 is 11.8 Å². The molecule has 2 aromatic carbocycles. The SMILES string of the molecule is CSc1cccc(Nc2cc(-c3ccccc3)nc(N[C@@H](C)CO)n2)c1. The van der Waals surface area contributed by atoms with E-state index in [-0.39, 0.29) is 12.6 Å². The number of nitrogens with one attached hydrogen (secondary N) is 2. The van der Waals surface area contributed by atoms with Gasteiger partial charge in [-0.15, -0.1) is 11.8 Å². The molecule has 3 rings (SSSR count). The first-order valence-electron chi connectivity index (χ1n) is 8.41. The number of anilines is 3.